The third-order valence-electron chi connectivity index (χ3n) is 2.56. The molecule has 0 spiro atoms. The number of hydrogen-bond donors (Lipinski definition) is 1. The van der Waals surface area contributed by atoms with Crippen LogP contribution in [0.5, 0.6) is 0 Å². The standard InChI is InChI=1S/C16H25N3O/c1-14(2)13-20-11-10-17-16(19(3)4)18-12-15-8-6-5-7-9-15/h5-9H,1,10-13H2,2-4H3,(H,17,18). The molecule has 0 aliphatic rings. The topological polar surface area (TPSA) is 36.9 Å². The molecule has 0 amide bonds. The Labute approximate surface area is 122 Å². The quantitative estimate of drug-likeness (QED) is 0.359. The van der Waals surface area contributed by atoms with Crippen LogP contribution in [-0.4, -0.2) is 44.7 Å². The van der Waals surface area contributed by atoms with Crippen LogP contribution in [0.2, 0.25) is 0 Å². The lowest BCUT2D eigenvalue weighted by Crippen LogP contribution is -2.38. The summed E-state index contributed by atoms with van der Waals surface area (Å²) >= 11 is 0. The molecule has 1 N–H and O–H groups in total. The van der Waals surface area contributed by atoms with Gasteiger partial charge in [0.05, 0.1) is 19.8 Å². The van der Waals surface area contributed by atoms with Crippen LogP contribution < -0.4 is 5.32 Å². The van der Waals surface area contributed by atoms with E-state index in [9.17, 15) is 0 Å². The molecule has 0 bridgehead atoms. The Balaban J connectivity index is 2.38. The average Bonchev–Trinajstić information content (AvgIpc) is 2.42. The zero-order valence-corrected chi connectivity index (χ0v) is 12.7. The Morgan fingerprint density at radius 2 is 2.00 bits per heavy atom. The number of nitrogens with zero attached hydrogens (tertiary/aromatic N) is 2. The summed E-state index contributed by atoms with van der Waals surface area (Å²) in [5, 5.41) is 3.28. The minimum Gasteiger partial charge on any atom is -0.375 e. The molecule has 0 unspecified atom stereocenters. The zero-order valence-electron chi connectivity index (χ0n) is 12.7. The first kappa shape index (κ1) is 16.2. The summed E-state index contributed by atoms with van der Waals surface area (Å²) in [6, 6.07) is 10.2. The van der Waals surface area contributed by atoms with Crippen molar-refractivity contribution in [1.29, 1.82) is 0 Å². The summed E-state index contributed by atoms with van der Waals surface area (Å²) in [6.45, 7) is 8.43. The van der Waals surface area contributed by atoms with Crippen molar-refractivity contribution in [2.45, 2.75) is 13.5 Å². The largest absolute Gasteiger partial charge is 0.375 e. The first-order valence-electron chi connectivity index (χ1n) is 6.81. The highest BCUT2D eigenvalue weighted by Gasteiger charge is 2.01. The van der Waals surface area contributed by atoms with Gasteiger partial charge in [0.15, 0.2) is 5.96 Å². The molecule has 0 saturated heterocycles. The van der Waals surface area contributed by atoms with Crippen LogP contribution in [0.1, 0.15) is 12.5 Å². The molecule has 0 radical (unpaired) electrons. The van der Waals surface area contributed by atoms with E-state index in [4.69, 9.17) is 4.74 Å². The number of ether oxygens (including phenoxy) is 1. The molecular weight excluding hydrogens is 250 g/mol. The normalized spacial score (nSPS) is 11.2. The maximum absolute atomic E-state index is 5.45. The number of hydrogen-bond acceptors (Lipinski definition) is 2. The SMILES string of the molecule is C=C(C)COCCNC(=NCc1ccccc1)N(C)C. The van der Waals surface area contributed by atoms with Crippen molar-refractivity contribution in [2.24, 2.45) is 4.99 Å². The van der Waals surface area contributed by atoms with Crippen LogP contribution in [0.4, 0.5) is 0 Å². The number of aliphatic imine (C=N–C) groups is 1. The van der Waals surface area contributed by atoms with Gasteiger partial charge in [0.2, 0.25) is 0 Å². The van der Waals surface area contributed by atoms with E-state index in [0.29, 0.717) is 19.8 Å². The van der Waals surface area contributed by atoms with E-state index in [2.05, 4.69) is 29.0 Å². The van der Waals surface area contributed by atoms with Gasteiger partial charge in [-0.15, -0.1) is 0 Å². The molecule has 20 heavy (non-hydrogen) atoms. The predicted molar refractivity (Wildman–Crippen MR) is 84.9 cm³/mol. The minimum atomic E-state index is 0.611. The highest BCUT2D eigenvalue weighted by atomic mass is 16.5. The van der Waals surface area contributed by atoms with Gasteiger partial charge in [-0.1, -0.05) is 42.5 Å². The van der Waals surface area contributed by atoms with Gasteiger partial charge in [0.1, 0.15) is 0 Å². The van der Waals surface area contributed by atoms with Gasteiger partial charge in [0, 0.05) is 20.6 Å². The molecule has 0 atom stereocenters. The Hall–Kier alpha value is -1.81. The third-order valence-corrected chi connectivity index (χ3v) is 2.56. The van der Waals surface area contributed by atoms with Gasteiger partial charge in [-0.2, -0.15) is 0 Å². The summed E-state index contributed by atoms with van der Waals surface area (Å²) in [6.07, 6.45) is 0. The molecule has 1 aromatic rings. The maximum atomic E-state index is 5.45. The van der Waals surface area contributed by atoms with Gasteiger partial charge < -0.3 is 15.0 Å². The highest BCUT2D eigenvalue weighted by molar-refractivity contribution is 5.79. The van der Waals surface area contributed by atoms with Crippen LogP contribution in [0.25, 0.3) is 0 Å². The molecule has 1 rings (SSSR count). The lowest BCUT2D eigenvalue weighted by molar-refractivity contribution is 0.161. The molecular formula is C16H25N3O. The molecule has 0 saturated carbocycles. The molecule has 0 fully saturated rings. The van der Waals surface area contributed by atoms with E-state index in [0.717, 1.165) is 18.1 Å². The van der Waals surface area contributed by atoms with Crippen molar-refractivity contribution < 1.29 is 4.74 Å². The van der Waals surface area contributed by atoms with Gasteiger partial charge in [-0.3, -0.25) is 0 Å². The summed E-state index contributed by atoms with van der Waals surface area (Å²) in [5.41, 5.74) is 2.24. The summed E-state index contributed by atoms with van der Waals surface area (Å²) < 4.78 is 5.45. The average molecular weight is 275 g/mol. The Morgan fingerprint density at radius 3 is 2.60 bits per heavy atom. The van der Waals surface area contributed by atoms with E-state index in [1.54, 1.807) is 0 Å². The lowest BCUT2D eigenvalue weighted by atomic mass is 10.2. The fraction of sp³-hybridized carbons (Fsp3) is 0.438. The minimum absolute atomic E-state index is 0.611. The zero-order chi connectivity index (χ0) is 14.8. The number of guanidine groups is 1. The van der Waals surface area contributed by atoms with Crippen molar-refractivity contribution in [3.8, 4) is 0 Å². The van der Waals surface area contributed by atoms with Gasteiger partial charge in [-0.05, 0) is 12.5 Å². The summed E-state index contributed by atoms with van der Waals surface area (Å²) in [5.74, 6) is 0.868. The molecule has 110 valence electrons. The Kier molecular flexibility index (Phi) is 7.43. The molecule has 0 heterocycles. The van der Waals surface area contributed by atoms with Gasteiger partial charge in [0.25, 0.3) is 0 Å². The fourth-order valence-corrected chi connectivity index (χ4v) is 1.59. The lowest BCUT2D eigenvalue weighted by Gasteiger charge is -2.17. The second-order valence-electron chi connectivity index (χ2n) is 4.96. The number of benzene rings is 1. The van der Waals surface area contributed by atoms with Crippen molar-refractivity contribution in [3.63, 3.8) is 0 Å². The van der Waals surface area contributed by atoms with Crippen molar-refractivity contribution in [3.05, 3.63) is 48.0 Å². The summed E-state index contributed by atoms with van der Waals surface area (Å²) in [4.78, 5) is 6.56. The monoisotopic (exact) mass is 275 g/mol. The van der Waals surface area contributed by atoms with Crippen molar-refractivity contribution in [2.75, 3.05) is 33.9 Å². The molecule has 1 aromatic carbocycles. The van der Waals surface area contributed by atoms with Gasteiger partial charge >= 0.3 is 0 Å². The smallest absolute Gasteiger partial charge is 0.193 e. The van der Waals surface area contributed by atoms with Crippen molar-refractivity contribution >= 4 is 5.96 Å². The van der Waals surface area contributed by atoms with Crippen LogP contribution >= 0.6 is 0 Å². The molecule has 4 nitrogen and oxygen atoms in total. The first-order valence-corrected chi connectivity index (χ1v) is 6.81. The number of rotatable bonds is 7. The van der Waals surface area contributed by atoms with E-state index >= 15 is 0 Å². The molecule has 0 aliphatic heterocycles. The van der Waals surface area contributed by atoms with Crippen molar-refractivity contribution in [1.82, 2.24) is 10.2 Å². The van der Waals surface area contributed by atoms with E-state index in [1.807, 2.05) is 44.1 Å². The second kappa shape index (κ2) is 9.15. The molecule has 0 aromatic heterocycles. The predicted octanol–water partition coefficient (Wildman–Crippen LogP) is 2.29. The summed E-state index contributed by atoms with van der Waals surface area (Å²) in [7, 11) is 3.96. The molecule has 0 aliphatic carbocycles. The van der Waals surface area contributed by atoms with E-state index < -0.39 is 0 Å². The maximum Gasteiger partial charge on any atom is 0.193 e. The number of nitrogens with one attached hydrogen (secondary N) is 1. The van der Waals surface area contributed by atoms with Crippen LogP contribution in [-0.2, 0) is 11.3 Å². The van der Waals surface area contributed by atoms with Gasteiger partial charge in [-0.25, -0.2) is 4.99 Å². The second-order valence-corrected chi connectivity index (χ2v) is 4.96. The Bertz CT molecular complexity index is 427. The van der Waals surface area contributed by atoms with E-state index in [1.165, 1.54) is 5.56 Å². The van der Waals surface area contributed by atoms with Crippen LogP contribution in [0.3, 0.4) is 0 Å². The van der Waals surface area contributed by atoms with Crippen LogP contribution in [0, 0.1) is 0 Å². The first-order chi connectivity index (χ1) is 9.59. The molecule has 4 heteroatoms. The van der Waals surface area contributed by atoms with Crippen LogP contribution in [0.15, 0.2) is 47.5 Å². The highest BCUT2D eigenvalue weighted by Crippen LogP contribution is 2.00. The fourth-order valence-electron chi connectivity index (χ4n) is 1.59. The van der Waals surface area contributed by atoms with E-state index in [-0.39, 0.29) is 0 Å². The third kappa shape index (κ3) is 6.95. The Morgan fingerprint density at radius 1 is 1.30 bits per heavy atom.